The van der Waals surface area contributed by atoms with Crippen LogP contribution in [0.1, 0.15) is 38.7 Å². The van der Waals surface area contributed by atoms with Gasteiger partial charge < -0.3 is 10.6 Å². The van der Waals surface area contributed by atoms with Crippen LogP contribution >= 0.6 is 0 Å². The molecule has 1 aromatic carbocycles. The summed E-state index contributed by atoms with van der Waals surface area (Å²) in [6, 6.07) is 11.3. The molecule has 7 nitrogen and oxygen atoms in total. The molecule has 3 rings (SSSR count). The van der Waals surface area contributed by atoms with E-state index in [0.29, 0.717) is 12.8 Å². The average Bonchev–Trinajstić information content (AvgIpc) is 3.47. The molecule has 1 saturated heterocycles. The lowest BCUT2D eigenvalue weighted by atomic mass is 9.93. The lowest BCUT2D eigenvalue weighted by molar-refractivity contribution is -0.135. The molecule has 1 saturated carbocycles. The molecular weight excluding hydrogens is 344 g/mol. The fourth-order valence-electron chi connectivity index (χ4n) is 3.45. The van der Waals surface area contributed by atoms with Gasteiger partial charge in [-0.15, -0.1) is 0 Å². The lowest BCUT2D eigenvalue weighted by Gasteiger charge is -2.24. The van der Waals surface area contributed by atoms with Crippen LogP contribution in [0.3, 0.4) is 0 Å². The third kappa shape index (κ3) is 3.95. The van der Waals surface area contributed by atoms with Gasteiger partial charge in [-0.2, -0.15) is 5.26 Å². The summed E-state index contributed by atoms with van der Waals surface area (Å²) in [6.07, 6.45) is 2.87. The molecule has 0 unspecified atom stereocenters. The minimum Gasteiger partial charge on any atom is -0.336 e. The van der Waals surface area contributed by atoms with Gasteiger partial charge in [0.15, 0.2) is 0 Å². The Morgan fingerprint density at radius 1 is 1.37 bits per heavy atom. The van der Waals surface area contributed by atoms with Crippen LogP contribution in [0.15, 0.2) is 30.3 Å². The Morgan fingerprint density at radius 3 is 2.63 bits per heavy atom. The fraction of sp³-hybridized carbons (Fsp3) is 0.500. The molecule has 1 aliphatic heterocycles. The van der Waals surface area contributed by atoms with E-state index in [1.807, 2.05) is 30.3 Å². The third-order valence-electron chi connectivity index (χ3n) is 5.43. The average molecular weight is 368 g/mol. The van der Waals surface area contributed by atoms with Crippen molar-refractivity contribution in [3.63, 3.8) is 0 Å². The maximum absolute atomic E-state index is 12.8. The zero-order valence-electron chi connectivity index (χ0n) is 15.6. The second kappa shape index (κ2) is 7.03. The molecule has 2 atom stereocenters. The highest BCUT2D eigenvalue weighted by Crippen LogP contribution is 2.39. The molecule has 0 aromatic heterocycles. The van der Waals surface area contributed by atoms with Crippen molar-refractivity contribution < 1.29 is 14.4 Å². The van der Waals surface area contributed by atoms with Gasteiger partial charge >= 0.3 is 6.03 Å². The lowest BCUT2D eigenvalue weighted by Crippen LogP contribution is -2.51. The fourth-order valence-corrected chi connectivity index (χ4v) is 3.45. The first-order chi connectivity index (χ1) is 12.8. The summed E-state index contributed by atoms with van der Waals surface area (Å²) < 4.78 is 0. The van der Waals surface area contributed by atoms with Crippen LogP contribution in [-0.4, -0.2) is 40.4 Å². The van der Waals surface area contributed by atoms with Gasteiger partial charge in [-0.25, -0.2) is 4.79 Å². The van der Waals surface area contributed by atoms with Crippen molar-refractivity contribution in [2.75, 3.05) is 6.54 Å². The highest BCUT2D eigenvalue weighted by molar-refractivity contribution is 6.08. The Kier molecular flexibility index (Phi) is 4.92. The highest BCUT2D eigenvalue weighted by atomic mass is 16.2. The Labute approximate surface area is 158 Å². The summed E-state index contributed by atoms with van der Waals surface area (Å²) >= 11 is 0. The molecule has 27 heavy (non-hydrogen) atoms. The molecule has 7 heteroatoms. The second-order valence-corrected chi connectivity index (χ2v) is 7.78. The number of rotatable bonds is 7. The van der Waals surface area contributed by atoms with Crippen LogP contribution in [0, 0.1) is 17.2 Å². The van der Waals surface area contributed by atoms with Crippen LogP contribution in [0.25, 0.3) is 0 Å². The standard InChI is InChI=1S/C20H24N4O3/c1-19(11-10-14-6-4-3-5-7-14)17(26)24(18(27)23-19)12-16(25)22-20(2,13-21)15-8-9-15/h3-7,15H,8-12H2,1-2H3,(H,22,25)(H,23,27)/t19-,20+/m0/s1. The summed E-state index contributed by atoms with van der Waals surface area (Å²) in [5.74, 6) is -0.781. The smallest absolute Gasteiger partial charge is 0.325 e. The van der Waals surface area contributed by atoms with E-state index in [1.54, 1.807) is 13.8 Å². The largest absolute Gasteiger partial charge is 0.336 e. The molecule has 1 heterocycles. The summed E-state index contributed by atoms with van der Waals surface area (Å²) in [6.45, 7) is 2.98. The van der Waals surface area contributed by atoms with Crippen LogP contribution in [0.2, 0.25) is 0 Å². The summed E-state index contributed by atoms with van der Waals surface area (Å²) in [5, 5.41) is 14.7. The summed E-state index contributed by atoms with van der Waals surface area (Å²) in [5.41, 5.74) is -0.916. The number of hydrogen-bond acceptors (Lipinski definition) is 4. The molecule has 1 aliphatic carbocycles. The molecule has 4 amide bonds. The number of hydrogen-bond donors (Lipinski definition) is 2. The molecule has 2 fully saturated rings. The van der Waals surface area contributed by atoms with Gasteiger partial charge in [-0.05, 0) is 51.0 Å². The van der Waals surface area contributed by atoms with Crippen molar-refractivity contribution >= 4 is 17.8 Å². The van der Waals surface area contributed by atoms with E-state index in [9.17, 15) is 19.6 Å². The quantitative estimate of drug-likeness (QED) is 0.716. The van der Waals surface area contributed by atoms with E-state index < -0.39 is 28.9 Å². The van der Waals surface area contributed by atoms with Crippen LogP contribution in [0.4, 0.5) is 4.79 Å². The highest BCUT2D eigenvalue weighted by Gasteiger charge is 2.49. The molecule has 0 spiro atoms. The van der Waals surface area contributed by atoms with Crippen molar-refractivity contribution in [1.82, 2.24) is 15.5 Å². The predicted molar refractivity (Wildman–Crippen MR) is 98.3 cm³/mol. The van der Waals surface area contributed by atoms with Crippen molar-refractivity contribution in [1.29, 1.82) is 5.26 Å². The first-order valence-corrected chi connectivity index (χ1v) is 9.18. The van der Waals surface area contributed by atoms with E-state index in [2.05, 4.69) is 16.7 Å². The first kappa shape index (κ1) is 18.9. The Balaban J connectivity index is 1.61. The van der Waals surface area contributed by atoms with Crippen LogP contribution in [-0.2, 0) is 16.0 Å². The number of imide groups is 1. The Bertz CT molecular complexity index is 799. The minimum atomic E-state index is -1.04. The van der Waals surface area contributed by atoms with Gasteiger partial charge in [0.25, 0.3) is 5.91 Å². The second-order valence-electron chi connectivity index (χ2n) is 7.78. The maximum atomic E-state index is 12.8. The summed E-state index contributed by atoms with van der Waals surface area (Å²) in [7, 11) is 0. The van der Waals surface area contributed by atoms with E-state index in [1.165, 1.54) is 0 Å². The number of nitrogens with zero attached hydrogens (tertiary/aromatic N) is 2. The monoisotopic (exact) mass is 368 g/mol. The van der Waals surface area contributed by atoms with E-state index in [4.69, 9.17) is 0 Å². The minimum absolute atomic E-state index is 0.130. The number of carbonyl (C=O) groups excluding carboxylic acids is 3. The normalized spacial score (nSPS) is 24.1. The molecular formula is C20H24N4O3. The molecule has 0 radical (unpaired) electrons. The Hall–Kier alpha value is -2.88. The SMILES string of the molecule is C[C@](C#N)(NC(=O)CN1C(=O)N[C@@](C)(CCc2ccccc2)C1=O)C1CC1. The molecule has 0 bridgehead atoms. The number of amides is 4. The topological polar surface area (TPSA) is 102 Å². The van der Waals surface area contributed by atoms with Crippen molar-refractivity contribution in [3.05, 3.63) is 35.9 Å². The number of benzene rings is 1. The van der Waals surface area contributed by atoms with Gasteiger partial charge in [0.1, 0.15) is 17.6 Å². The summed E-state index contributed by atoms with van der Waals surface area (Å²) in [4.78, 5) is 38.3. The zero-order chi connectivity index (χ0) is 19.7. The number of carbonyl (C=O) groups is 3. The Morgan fingerprint density at radius 2 is 2.04 bits per heavy atom. The van der Waals surface area contributed by atoms with Gasteiger partial charge in [0.05, 0.1) is 6.07 Å². The molecule has 2 N–H and O–H groups in total. The number of nitriles is 1. The van der Waals surface area contributed by atoms with Gasteiger partial charge in [-0.3, -0.25) is 14.5 Å². The molecule has 1 aromatic rings. The van der Waals surface area contributed by atoms with Gasteiger partial charge in [0.2, 0.25) is 5.91 Å². The van der Waals surface area contributed by atoms with Crippen molar-refractivity contribution in [3.8, 4) is 6.07 Å². The van der Waals surface area contributed by atoms with Crippen molar-refractivity contribution in [2.24, 2.45) is 5.92 Å². The van der Waals surface area contributed by atoms with E-state index in [0.717, 1.165) is 23.3 Å². The maximum Gasteiger partial charge on any atom is 0.325 e. The van der Waals surface area contributed by atoms with Crippen molar-refractivity contribution in [2.45, 2.75) is 50.6 Å². The van der Waals surface area contributed by atoms with Gasteiger partial charge in [0, 0.05) is 0 Å². The molecule has 142 valence electrons. The van der Waals surface area contributed by atoms with E-state index in [-0.39, 0.29) is 12.5 Å². The first-order valence-electron chi connectivity index (χ1n) is 9.18. The number of aryl methyl sites for hydroxylation is 1. The van der Waals surface area contributed by atoms with Gasteiger partial charge in [-0.1, -0.05) is 30.3 Å². The van der Waals surface area contributed by atoms with Crippen LogP contribution in [0.5, 0.6) is 0 Å². The third-order valence-corrected chi connectivity index (χ3v) is 5.43. The molecule has 2 aliphatic rings. The van der Waals surface area contributed by atoms with E-state index >= 15 is 0 Å². The number of urea groups is 1. The van der Waals surface area contributed by atoms with Crippen LogP contribution < -0.4 is 10.6 Å². The zero-order valence-corrected chi connectivity index (χ0v) is 15.6. The predicted octanol–water partition coefficient (Wildman–Crippen LogP) is 1.74. The number of nitrogens with one attached hydrogen (secondary N) is 2.